The molecule has 0 N–H and O–H groups in total. The molecule has 0 aromatic rings. The van der Waals surface area contributed by atoms with Crippen molar-refractivity contribution in [3.63, 3.8) is 0 Å². The van der Waals surface area contributed by atoms with Crippen LogP contribution in [-0.2, 0) is 18.5 Å². The van der Waals surface area contributed by atoms with Gasteiger partial charge in [0.15, 0.2) is 0 Å². The molecule has 0 saturated heterocycles. The smallest absolute Gasteiger partial charge is 0.234 e. The molecule has 80 valence electrons. The zero-order valence-corrected chi connectivity index (χ0v) is 9.40. The zero-order chi connectivity index (χ0) is 10.3. The van der Waals surface area contributed by atoms with E-state index in [-0.39, 0.29) is 18.5 Å². The maximum atomic E-state index is 10.5. The Morgan fingerprint density at radius 1 is 1.46 bits per heavy atom. The highest BCUT2D eigenvalue weighted by atomic mass is 35.7. The second kappa shape index (κ2) is 6.59. The predicted octanol–water partition coefficient (Wildman–Crippen LogP) is 0.997. The molecule has 0 fully saturated rings. The highest BCUT2D eigenvalue weighted by molar-refractivity contribution is 8.13. The molecule has 0 heterocycles. The van der Waals surface area contributed by atoms with Crippen LogP contribution in [-0.4, -0.2) is 40.1 Å². The maximum Gasteiger partial charge on any atom is 0.234 e. The molecular formula is C7H15ClO4S. The van der Waals surface area contributed by atoms with Crippen LogP contribution in [0, 0.1) is 0 Å². The van der Waals surface area contributed by atoms with Gasteiger partial charge in [-0.2, -0.15) is 0 Å². The first-order valence-electron chi connectivity index (χ1n) is 4.07. The number of rotatable bonds is 7. The van der Waals surface area contributed by atoms with Crippen molar-refractivity contribution in [2.24, 2.45) is 0 Å². The molecule has 0 spiro atoms. The molecule has 0 aromatic carbocycles. The minimum Gasteiger partial charge on any atom is -0.379 e. The molecule has 0 aromatic heterocycles. The molecule has 1 unspecified atom stereocenters. The van der Waals surface area contributed by atoms with Crippen molar-refractivity contribution in [3.05, 3.63) is 0 Å². The van der Waals surface area contributed by atoms with Gasteiger partial charge in [-0.3, -0.25) is 0 Å². The van der Waals surface area contributed by atoms with E-state index in [1.807, 2.05) is 13.8 Å². The van der Waals surface area contributed by atoms with Gasteiger partial charge in [-0.15, -0.1) is 0 Å². The van der Waals surface area contributed by atoms with Gasteiger partial charge in [-0.05, 0) is 13.8 Å². The molecule has 0 amide bonds. The highest BCUT2D eigenvalue weighted by Crippen LogP contribution is 1.98. The fourth-order valence-corrected chi connectivity index (χ4v) is 1.17. The average molecular weight is 231 g/mol. The summed E-state index contributed by atoms with van der Waals surface area (Å²) in [6, 6.07) is 0. The Morgan fingerprint density at radius 2 is 2.08 bits per heavy atom. The van der Waals surface area contributed by atoms with Crippen LogP contribution in [0.3, 0.4) is 0 Å². The summed E-state index contributed by atoms with van der Waals surface area (Å²) in [4.78, 5) is 0. The van der Waals surface area contributed by atoms with Gasteiger partial charge in [0, 0.05) is 17.3 Å². The zero-order valence-electron chi connectivity index (χ0n) is 7.82. The summed E-state index contributed by atoms with van der Waals surface area (Å²) in [5.41, 5.74) is 0. The lowest BCUT2D eigenvalue weighted by Gasteiger charge is -2.11. The van der Waals surface area contributed by atoms with Crippen LogP contribution in [0.4, 0.5) is 0 Å². The van der Waals surface area contributed by atoms with Crippen molar-refractivity contribution < 1.29 is 17.9 Å². The van der Waals surface area contributed by atoms with Crippen molar-refractivity contribution >= 4 is 19.7 Å². The Morgan fingerprint density at radius 3 is 2.54 bits per heavy atom. The van der Waals surface area contributed by atoms with Crippen molar-refractivity contribution in [2.75, 3.05) is 25.6 Å². The number of hydrogen-bond donors (Lipinski definition) is 0. The molecule has 0 aliphatic rings. The summed E-state index contributed by atoms with van der Waals surface area (Å²) < 4.78 is 31.2. The molecule has 13 heavy (non-hydrogen) atoms. The van der Waals surface area contributed by atoms with Gasteiger partial charge in [-0.25, -0.2) is 8.42 Å². The second-order valence-electron chi connectivity index (χ2n) is 2.58. The normalized spacial score (nSPS) is 14.4. The van der Waals surface area contributed by atoms with Crippen LogP contribution < -0.4 is 0 Å². The van der Waals surface area contributed by atoms with E-state index in [0.29, 0.717) is 13.2 Å². The molecule has 0 rings (SSSR count). The minimum atomic E-state index is -3.43. The lowest BCUT2D eigenvalue weighted by molar-refractivity contribution is 0.00296. The van der Waals surface area contributed by atoms with Crippen molar-refractivity contribution in [1.82, 2.24) is 0 Å². The molecule has 0 bridgehead atoms. The summed E-state index contributed by atoms with van der Waals surface area (Å²) in [5.74, 6) is -0.162. The summed E-state index contributed by atoms with van der Waals surface area (Å²) in [7, 11) is 1.55. The van der Waals surface area contributed by atoms with E-state index in [0.717, 1.165) is 0 Å². The second-order valence-corrected chi connectivity index (χ2v) is 5.48. The molecule has 1 atom stereocenters. The number of hydrogen-bond acceptors (Lipinski definition) is 4. The third-order valence-corrected chi connectivity index (χ3v) is 2.40. The van der Waals surface area contributed by atoms with Crippen molar-refractivity contribution in [1.29, 1.82) is 0 Å². The topological polar surface area (TPSA) is 52.6 Å². The Bertz CT molecular complexity index is 215. The Balaban J connectivity index is 3.42. The maximum absolute atomic E-state index is 10.5. The Kier molecular flexibility index (Phi) is 6.67. The molecule has 4 nitrogen and oxygen atoms in total. The van der Waals surface area contributed by atoms with E-state index in [1.165, 1.54) is 0 Å². The monoisotopic (exact) mass is 230 g/mol. The summed E-state index contributed by atoms with van der Waals surface area (Å²) >= 11 is 0. The van der Waals surface area contributed by atoms with Crippen LogP contribution in [0.1, 0.15) is 13.8 Å². The van der Waals surface area contributed by atoms with E-state index in [4.69, 9.17) is 20.2 Å². The first-order valence-corrected chi connectivity index (χ1v) is 6.55. The lowest BCUT2D eigenvalue weighted by atomic mass is 10.4. The van der Waals surface area contributed by atoms with Gasteiger partial charge >= 0.3 is 0 Å². The largest absolute Gasteiger partial charge is 0.379 e. The first-order chi connectivity index (χ1) is 5.95. The van der Waals surface area contributed by atoms with Crippen LogP contribution >= 0.6 is 10.7 Å². The SMILES string of the molecule is CCOCC(C)OCCS(=O)(=O)Cl. The number of halogens is 1. The van der Waals surface area contributed by atoms with Gasteiger partial charge in [0.1, 0.15) is 0 Å². The van der Waals surface area contributed by atoms with Crippen LogP contribution in [0.25, 0.3) is 0 Å². The van der Waals surface area contributed by atoms with Gasteiger partial charge < -0.3 is 9.47 Å². The van der Waals surface area contributed by atoms with Crippen LogP contribution in [0.2, 0.25) is 0 Å². The molecule has 0 saturated carbocycles. The van der Waals surface area contributed by atoms with Crippen LogP contribution in [0.15, 0.2) is 0 Å². The first kappa shape index (κ1) is 13.2. The Hall–Kier alpha value is 0.160. The van der Waals surface area contributed by atoms with Gasteiger partial charge in [0.2, 0.25) is 9.05 Å². The Labute approximate surface area is 83.6 Å². The molecule has 0 aliphatic carbocycles. The summed E-state index contributed by atoms with van der Waals surface area (Å²) in [6.07, 6.45) is -0.0987. The van der Waals surface area contributed by atoms with Crippen LogP contribution in [0.5, 0.6) is 0 Å². The quantitative estimate of drug-likeness (QED) is 0.613. The fraction of sp³-hybridized carbons (Fsp3) is 1.00. The summed E-state index contributed by atoms with van der Waals surface area (Å²) in [6.45, 7) is 4.91. The van der Waals surface area contributed by atoms with Gasteiger partial charge in [0.05, 0.1) is 25.1 Å². The third kappa shape index (κ3) is 10.1. The predicted molar refractivity (Wildman–Crippen MR) is 51.5 cm³/mol. The van der Waals surface area contributed by atoms with Crippen molar-refractivity contribution in [3.8, 4) is 0 Å². The third-order valence-electron chi connectivity index (χ3n) is 1.29. The highest BCUT2D eigenvalue weighted by Gasteiger charge is 2.07. The van der Waals surface area contributed by atoms with Gasteiger partial charge in [-0.1, -0.05) is 0 Å². The van der Waals surface area contributed by atoms with E-state index < -0.39 is 9.05 Å². The number of ether oxygens (including phenoxy) is 2. The molecule has 0 aliphatic heterocycles. The van der Waals surface area contributed by atoms with Gasteiger partial charge in [0.25, 0.3) is 0 Å². The van der Waals surface area contributed by atoms with E-state index in [9.17, 15) is 8.42 Å². The standard InChI is InChI=1S/C7H15ClO4S/c1-3-11-6-7(2)12-4-5-13(8,9)10/h7H,3-6H2,1-2H3. The van der Waals surface area contributed by atoms with E-state index >= 15 is 0 Å². The van der Waals surface area contributed by atoms with Crippen molar-refractivity contribution in [2.45, 2.75) is 20.0 Å². The lowest BCUT2D eigenvalue weighted by Crippen LogP contribution is -2.19. The van der Waals surface area contributed by atoms with E-state index in [2.05, 4.69) is 0 Å². The van der Waals surface area contributed by atoms with E-state index in [1.54, 1.807) is 0 Å². The minimum absolute atomic E-state index is 0.0987. The molecule has 6 heteroatoms. The average Bonchev–Trinajstić information content (AvgIpc) is 1.98. The molecule has 0 radical (unpaired) electrons. The molecular weight excluding hydrogens is 216 g/mol. The summed E-state index contributed by atoms with van der Waals surface area (Å²) in [5, 5.41) is 0. The fourth-order valence-electron chi connectivity index (χ4n) is 0.681.